The zero-order valence-electron chi connectivity index (χ0n) is 51.3. The molecule has 6 heteroatoms. The van der Waals surface area contributed by atoms with E-state index >= 15 is 0 Å². The van der Waals surface area contributed by atoms with Crippen molar-refractivity contribution in [1.82, 2.24) is 15.0 Å². The number of furan rings is 1. The van der Waals surface area contributed by atoms with E-state index in [9.17, 15) is 21.7 Å². The fraction of sp³-hybridized carbons (Fsp3) is 0.103. The van der Waals surface area contributed by atoms with Gasteiger partial charge in [-0.05, 0) is 106 Å². The van der Waals surface area contributed by atoms with Crippen LogP contribution in [0.25, 0.3) is 66.8 Å². The van der Waals surface area contributed by atoms with Crippen molar-refractivity contribution in [2.75, 3.05) is 0 Å². The maximum absolute atomic E-state index is 10.2. The molecule has 10 rings (SSSR count). The number of hydrogen-bond acceptors (Lipinski definition) is 5. The summed E-state index contributed by atoms with van der Waals surface area (Å²) in [5.41, 5.74) is -1.23. The minimum atomic E-state index is -3.23. The summed E-state index contributed by atoms with van der Waals surface area (Å²) in [4.78, 5) is 13.2. The molecule has 0 spiro atoms. The Kier molecular flexibility index (Phi) is 7.80. The van der Waals surface area contributed by atoms with E-state index in [-0.39, 0.29) is 81.3 Å². The summed E-state index contributed by atoms with van der Waals surface area (Å²) in [6.07, 6.45) is -15.3. The van der Waals surface area contributed by atoms with Gasteiger partial charge in [0.25, 0.3) is 0 Å². The second kappa shape index (κ2) is 19.4. The molecule has 0 bridgehead atoms. The minimum Gasteiger partial charge on any atom is -0.501 e. The Morgan fingerprint density at radius 2 is 1.09 bits per heavy atom. The SMILES string of the molecule is [2H]c1c([2H])c([2H])c(-c2cc3c(oc4c(-c5ccc(C([2H])([2H])C([2H])([2H])c6cc(C([2H])([2H])C([2H])([2H])c7ccc(-c8[c-]cccc8)nc7)cc(C([2H])([2H])C([2H])([2H])c7ccc(-c8[c-]cccc8)nc7)c6)cn5)[c-]ccc43)c([2H])c2C#N)c([2H])c1[2H].[Ir+3]. The number of benzene rings is 6. The number of nitriles is 1. The molecule has 0 amide bonds. The first-order chi connectivity index (χ1) is 38.2. The second-order valence-corrected chi connectivity index (χ2v) is 14.0. The molecule has 6 aromatic carbocycles. The van der Waals surface area contributed by atoms with Crippen molar-refractivity contribution < 1.29 is 49.2 Å². The Bertz CT molecular complexity index is 3980. The minimum absolute atomic E-state index is 0. The standard InChI is InChI=1S/C58H41N4O.Ir/c59-36-49-34-57-53(35-52(49)46-11-4-1-5-12-46)50-17-10-18-51(58(50)63-57)56-30-27-42(39-62-56)21-24-45-32-43(22-19-40-25-28-54(60-37-40)47-13-6-2-7-14-47)31-44(33-45)23-20-41-26-29-55(61-38-41)48-15-8-3-9-16-48;/h1-13,15,17,25-35,37-39H,19-24H2;/q-3;+3/i1D,4D,5D,11D,12D,19D2,20D2,21D2,22D2,23D2,24D2,34D;. The molecule has 0 radical (unpaired) electrons. The Balaban J connectivity index is 0.00000810. The predicted molar refractivity (Wildman–Crippen MR) is 252 cm³/mol. The first kappa shape index (κ1) is 25.7. The van der Waals surface area contributed by atoms with Crippen molar-refractivity contribution in [3.63, 3.8) is 0 Å². The third-order valence-corrected chi connectivity index (χ3v) is 9.87. The van der Waals surface area contributed by atoms with Gasteiger partial charge in [0, 0.05) is 46.0 Å². The fourth-order valence-corrected chi connectivity index (χ4v) is 6.83. The maximum Gasteiger partial charge on any atom is 3.00 e. The smallest absolute Gasteiger partial charge is 0.501 e. The molecule has 0 atom stereocenters. The van der Waals surface area contributed by atoms with Crippen molar-refractivity contribution >= 4 is 21.9 Å². The van der Waals surface area contributed by atoms with E-state index in [0.29, 0.717) is 27.9 Å². The predicted octanol–water partition coefficient (Wildman–Crippen LogP) is 13.1. The van der Waals surface area contributed by atoms with Gasteiger partial charge < -0.3 is 19.4 Å². The Morgan fingerprint density at radius 1 is 0.562 bits per heavy atom. The number of pyridine rings is 3. The van der Waals surface area contributed by atoms with E-state index in [2.05, 4.69) is 33.2 Å². The largest absolute Gasteiger partial charge is 3.00 e. The van der Waals surface area contributed by atoms with Crippen LogP contribution in [-0.4, -0.2) is 15.0 Å². The molecule has 4 aromatic heterocycles. The van der Waals surface area contributed by atoms with Gasteiger partial charge in [-0.15, -0.1) is 90.0 Å². The molecule has 0 saturated carbocycles. The van der Waals surface area contributed by atoms with Gasteiger partial charge in [-0.3, -0.25) is 0 Å². The van der Waals surface area contributed by atoms with Gasteiger partial charge in [0.1, 0.15) is 5.58 Å². The van der Waals surface area contributed by atoms with E-state index in [0.717, 1.165) is 36.8 Å². The Morgan fingerprint density at radius 3 is 1.58 bits per heavy atom. The monoisotopic (exact) mass is 1020 g/mol. The zero-order valence-corrected chi connectivity index (χ0v) is 35.7. The van der Waals surface area contributed by atoms with Gasteiger partial charge in [-0.25, -0.2) is 0 Å². The molecular weight excluding hydrogens is 961 g/mol. The van der Waals surface area contributed by atoms with Gasteiger partial charge in [0.05, 0.1) is 25.4 Å². The van der Waals surface area contributed by atoms with Crippen LogP contribution in [0.1, 0.15) is 63.6 Å². The molecule has 0 unspecified atom stereocenters. The molecule has 0 N–H and O–H groups in total. The maximum atomic E-state index is 10.2. The summed E-state index contributed by atoms with van der Waals surface area (Å²) in [6.45, 7) is 0. The third kappa shape index (κ3) is 9.38. The quantitative estimate of drug-likeness (QED) is 0.108. The summed E-state index contributed by atoms with van der Waals surface area (Å²) in [5.74, 6) is 0. The van der Waals surface area contributed by atoms with Crippen LogP contribution in [0.3, 0.4) is 0 Å². The van der Waals surface area contributed by atoms with Crippen LogP contribution < -0.4 is 0 Å². The van der Waals surface area contributed by atoms with Gasteiger partial charge in [0.15, 0.2) is 0 Å². The molecule has 10 aromatic rings. The molecule has 0 aliphatic heterocycles. The number of aryl methyl sites for hydroxylation is 6. The van der Waals surface area contributed by atoms with E-state index in [1.165, 1.54) is 48.5 Å². The second-order valence-electron chi connectivity index (χ2n) is 14.0. The van der Waals surface area contributed by atoms with Gasteiger partial charge in [0.2, 0.25) is 0 Å². The topological polar surface area (TPSA) is 75.6 Å². The van der Waals surface area contributed by atoms with E-state index in [1.807, 2.05) is 6.07 Å². The first-order valence-electron chi connectivity index (χ1n) is 28.6. The van der Waals surface area contributed by atoms with Crippen molar-refractivity contribution in [2.24, 2.45) is 0 Å². The molecule has 308 valence electrons. The van der Waals surface area contributed by atoms with E-state index in [1.54, 1.807) is 54.6 Å². The van der Waals surface area contributed by atoms with Gasteiger partial charge in [-0.1, -0.05) is 95.8 Å². The molecule has 0 fully saturated rings. The summed E-state index contributed by atoms with van der Waals surface area (Å²) in [5, 5.41) is 10.8. The third-order valence-electron chi connectivity index (χ3n) is 9.87. The number of rotatable bonds is 13. The van der Waals surface area contributed by atoms with Crippen molar-refractivity contribution in [3.05, 3.63) is 233 Å². The van der Waals surface area contributed by atoms with E-state index < -0.39 is 91.2 Å². The number of aromatic nitrogens is 3. The van der Waals surface area contributed by atoms with Crippen LogP contribution in [0.5, 0.6) is 0 Å². The number of fused-ring (bicyclic) bond motifs is 3. The molecular formula is C58H41IrN4O. The van der Waals surface area contributed by atoms with Gasteiger partial charge in [-0.2, -0.15) is 5.26 Å². The summed E-state index contributed by atoms with van der Waals surface area (Å²) >= 11 is 0. The first-order valence-corrected chi connectivity index (χ1v) is 19.6. The van der Waals surface area contributed by atoms with Crippen LogP contribution in [0, 0.1) is 29.5 Å². The van der Waals surface area contributed by atoms with Crippen LogP contribution in [0.4, 0.5) is 0 Å². The average molecular weight is 1020 g/mol. The Hall–Kier alpha value is -7.29. The zero-order chi connectivity index (χ0) is 58.4. The van der Waals surface area contributed by atoms with Crippen LogP contribution >= 0.6 is 0 Å². The molecule has 64 heavy (non-hydrogen) atoms. The fourth-order valence-electron chi connectivity index (χ4n) is 6.83. The van der Waals surface area contributed by atoms with Crippen LogP contribution in [0.15, 0.2) is 181 Å². The Labute approximate surface area is 412 Å². The molecule has 5 nitrogen and oxygen atoms in total. The molecule has 0 aliphatic carbocycles. The molecule has 0 saturated heterocycles. The van der Waals surface area contributed by atoms with Crippen molar-refractivity contribution in [3.8, 4) is 51.0 Å². The average Bonchev–Trinajstić information content (AvgIpc) is 4.02. The molecule has 0 aliphatic rings. The van der Waals surface area contributed by atoms with E-state index in [4.69, 9.17) is 12.6 Å². The normalized spacial score (nSPS) is 16.5. The molecule has 4 heterocycles. The van der Waals surface area contributed by atoms with Crippen molar-refractivity contribution in [2.45, 2.75) is 38.2 Å². The summed E-state index contributed by atoms with van der Waals surface area (Å²) in [7, 11) is 0. The number of nitrogens with zero attached hydrogens (tertiary/aromatic N) is 4. The van der Waals surface area contributed by atoms with Crippen molar-refractivity contribution in [1.29, 1.82) is 5.26 Å². The van der Waals surface area contributed by atoms with Crippen LogP contribution in [0.2, 0.25) is 0 Å². The van der Waals surface area contributed by atoms with Crippen LogP contribution in [-0.2, 0) is 58.3 Å². The summed E-state index contributed by atoms with van der Waals surface area (Å²) in [6, 6.07) is 36.7. The summed E-state index contributed by atoms with van der Waals surface area (Å²) < 4.78 is 169. The van der Waals surface area contributed by atoms with Gasteiger partial charge >= 0.3 is 20.1 Å². The number of hydrogen-bond donors (Lipinski definition) is 0.